The molecular weight excluding hydrogens is 174 g/mol. The zero-order valence-electron chi connectivity index (χ0n) is 8.73. The van der Waals surface area contributed by atoms with E-state index in [2.05, 4.69) is 0 Å². The average Bonchev–Trinajstić information content (AvgIpc) is 2.19. The van der Waals surface area contributed by atoms with E-state index in [0.717, 1.165) is 11.3 Å². The molecule has 2 heteroatoms. The van der Waals surface area contributed by atoms with Gasteiger partial charge in [0.25, 0.3) is 0 Å². The van der Waals surface area contributed by atoms with Crippen molar-refractivity contribution in [1.82, 2.24) is 0 Å². The first-order valence-corrected chi connectivity index (χ1v) is 4.84. The highest BCUT2D eigenvalue weighted by atomic mass is 16.5. The van der Waals surface area contributed by atoms with Crippen molar-refractivity contribution in [2.45, 2.75) is 19.9 Å². The third-order valence-corrected chi connectivity index (χ3v) is 1.98. The van der Waals surface area contributed by atoms with Gasteiger partial charge in [0.1, 0.15) is 12.4 Å². The summed E-state index contributed by atoms with van der Waals surface area (Å²) in [6.07, 6.45) is 3.94. The number of nitrogens with two attached hydrogens (primary N) is 1. The van der Waals surface area contributed by atoms with E-state index in [1.165, 1.54) is 0 Å². The molecule has 0 aliphatic heterocycles. The van der Waals surface area contributed by atoms with E-state index in [-0.39, 0.29) is 6.04 Å². The van der Waals surface area contributed by atoms with Crippen molar-refractivity contribution in [3.63, 3.8) is 0 Å². The number of hydrogen-bond acceptors (Lipinski definition) is 2. The Hall–Kier alpha value is -1.28. The highest BCUT2D eigenvalue weighted by molar-refractivity contribution is 5.35. The van der Waals surface area contributed by atoms with Crippen LogP contribution in [0.1, 0.15) is 25.5 Å². The summed E-state index contributed by atoms with van der Waals surface area (Å²) in [5.41, 5.74) is 6.87. The molecule has 0 aliphatic rings. The van der Waals surface area contributed by atoms with Gasteiger partial charge in [0.2, 0.25) is 0 Å². The Morgan fingerprint density at radius 1 is 1.43 bits per heavy atom. The fourth-order valence-electron chi connectivity index (χ4n) is 1.22. The van der Waals surface area contributed by atoms with Crippen molar-refractivity contribution in [2.75, 3.05) is 6.61 Å². The van der Waals surface area contributed by atoms with Gasteiger partial charge in [-0.25, -0.2) is 0 Å². The second kappa shape index (κ2) is 5.45. The van der Waals surface area contributed by atoms with Crippen molar-refractivity contribution in [3.8, 4) is 5.75 Å². The Labute approximate surface area is 85.4 Å². The Kier molecular flexibility index (Phi) is 4.20. The zero-order chi connectivity index (χ0) is 10.4. The molecule has 14 heavy (non-hydrogen) atoms. The van der Waals surface area contributed by atoms with Crippen molar-refractivity contribution in [3.05, 3.63) is 42.0 Å². The molecule has 2 N–H and O–H groups in total. The molecule has 76 valence electrons. The summed E-state index contributed by atoms with van der Waals surface area (Å²) in [5, 5.41) is 0. The van der Waals surface area contributed by atoms with Crippen LogP contribution in [0.15, 0.2) is 36.4 Å². The van der Waals surface area contributed by atoms with Gasteiger partial charge in [-0.2, -0.15) is 0 Å². The third kappa shape index (κ3) is 2.89. The van der Waals surface area contributed by atoms with Crippen LogP contribution in [0, 0.1) is 0 Å². The average molecular weight is 191 g/mol. The Morgan fingerprint density at radius 3 is 2.79 bits per heavy atom. The number of rotatable bonds is 4. The summed E-state index contributed by atoms with van der Waals surface area (Å²) in [5.74, 6) is 0.876. The van der Waals surface area contributed by atoms with Gasteiger partial charge in [-0.15, -0.1) is 0 Å². The molecule has 0 aromatic heterocycles. The SMILES string of the molecule is CC=CCOc1ccccc1[C@H](C)N. The maximum atomic E-state index is 5.82. The van der Waals surface area contributed by atoms with E-state index < -0.39 is 0 Å². The highest BCUT2D eigenvalue weighted by Crippen LogP contribution is 2.22. The lowest BCUT2D eigenvalue weighted by molar-refractivity contribution is 0.356. The number of benzene rings is 1. The molecule has 0 saturated carbocycles. The molecule has 0 amide bonds. The molecule has 0 saturated heterocycles. The number of allylic oxidation sites excluding steroid dienone is 1. The van der Waals surface area contributed by atoms with Crippen molar-refractivity contribution in [1.29, 1.82) is 0 Å². The number of ether oxygens (including phenoxy) is 1. The highest BCUT2D eigenvalue weighted by Gasteiger charge is 2.05. The normalized spacial score (nSPS) is 13.1. The van der Waals surface area contributed by atoms with Crippen LogP contribution in [0.2, 0.25) is 0 Å². The summed E-state index contributed by atoms with van der Waals surface area (Å²) >= 11 is 0. The molecule has 0 spiro atoms. The van der Waals surface area contributed by atoms with Crippen molar-refractivity contribution < 1.29 is 4.74 Å². The summed E-state index contributed by atoms with van der Waals surface area (Å²) in [7, 11) is 0. The maximum Gasteiger partial charge on any atom is 0.124 e. The summed E-state index contributed by atoms with van der Waals surface area (Å²) in [4.78, 5) is 0. The minimum Gasteiger partial charge on any atom is -0.489 e. The second-order valence-electron chi connectivity index (χ2n) is 3.21. The molecule has 0 fully saturated rings. The lowest BCUT2D eigenvalue weighted by Crippen LogP contribution is -2.07. The second-order valence-corrected chi connectivity index (χ2v) is 3.21. The quantitative estimate of drug-likeness (QED) is 0.742. The van der Waals surface area contributed by atoms with Crippen LogP contribution in [-0.4, -0.2) is 6.61 Å². The van der Waals surface area contributed by atoms with Gasteiger partial charge in [-0.05, 0) is 19.9 Å². The van der Waals surface area contributed by atoms with Crippen LogP contribution < -0.4 is 10.5 Å². The summed E-state index contributed by atoms with van der Waals surface area (Å²) in [6, 6.07) is 7.88. The molecule has 1 aromatic carbocycles. The molecule has 0 radical (unpaired) electrons. The Bertz CT molecular complexity index is 305. The number of para-hydroxylation sites is 1. The predicted molar refractivity (Wildman–Crippen MR) is 59.4 cm³/mol. The zero-order valence-corrected chi connectivity index (χ0v) is 8.73. The largest absolute Gasteiger partial charge is 0.489 e. The standard InChI is InChI=1S/C12H17NO/c1-3-4-9-14-12-8-6-5-7-11(12)10(2)13/h3-8,10H,9,13H2,1-2H3/t10-/m0/s1. The number of hydrogen-bond donors (Lipinski definition) is 1. The smallest absolute Gasteiger partial charge is 0.124 e. The molecule has 1 rings (SSSR count). The Balaban J connectivity index is 2.74. The molecule has 0 unspecified atom stereocenters. The molecule has 1 atom stereocenters. The fraction of sp³-hybridized carbons (Fsp3) is 0.333. The van der Waals surface area contributed by atoms with E-state index >= 15 is 0 Å². The molecule has 0 aliphatic carbocycles. The maximum absolute atomic E-state index is 5.82. The monoisotopic (exact) mass is 191 g/mol. The first-order valence-electron chi connectivity index (χ1n) is 4.84. The summed E-state index contributed by atoms with van der Waals surface area (Å²) in [6.45, 7) is 4.53. The Morgan fingerprint density at radius 2 is 2.14 bits per heavy atom. The van der Waals surface area contributed by atoms with Gasteiger partial charge >= 0.3 is 0 Å². The van der Waals surface area contributed by atoms with Crippen LogP contribution in [0.5, 0.6) is 5.75 Å². The molecular formula is C12H17NO. The van der Waals surface area contributed by atoms with E-state index in [1.807, 2.05) is 50.3 Å². The van der Waals surface area contributed by atoms with Crippen molar-refractivity contribution >= 4 is 0 Å². The van der Waals surface area contributed by atoms with Gasteiger partial charge in [-0.1, -0.05) is 30.4 Å². The van der Waals surface area contributed by atoms with E-state index in [1.54, 1.807) is 0 Å². The van der Waals surface area contributed by atoms with Gasteiger partial charge in [0.05, 0.1) is 0 Å². The van der Waals surface area contributed by atoms with Crippen LogP contribution in [-0.2, 0) is 0 Å². The van der Waals surface area contributed by atoms with Gasteiger partial charge < -0.3 is 10.5 Å². The molecule has 0 bridgehead atoms. The first kappa shape index (κ1) is 10.8. The van der Waals surface area contributed by atoms with Crippen LogP contribution in [0.3, 0.4) is 0 Å². The fourth-order valence-corrected chi connectivity index (χ4v) is 1.22. The van der Waals surface area contributed by atoms with E-state index in [0.29, 0.717) is 6.61 Å². The summed E-state index contributed by atoms with van der Waals surface area (Å²) < 4.78 is 5.57. The lowest BCUT2D eigenvalue weighted by atomic mass is 10.1. The first-order chi connectivity index (χ1) is 6.75. The van der Waals surface area contributed by atoms with Crippen LogP contribution in [0.4, 0.5) is 0 Å². The van der Waals surface area contributed by atoms with Gasteiger partial charge in [-0.3, -0.25) is 0 Å². The van der Waals surface area contributed by atoms with E-state index in [9.17, 15) is 0 Å². The minimum absolute atomic E-state index is 0.0109. The van der Waals surface area contributed by atoms with E-state index in [4.69, 9.17) is 10.5 Å². The van der Waals surface area contributed by atoms with Gasteiger partial charge in [0, 0.05) is 11.6 Å². The molecule has 0 heterocycles. The minimum atomic E-state index is 0.0109. The molecule has 1 aromatic rings. The lowest BCUT2D eigenvalue weighted by Gasteiger charge is -2.12. The van der Waals surface area contributed by atoms with Gasteiger partial charge in [0.15, 0.2) is 0 Å². The molecule has 2 nitrogen and oxygen atoms in total. The van der Waals surface area contributed by atoms with Crippen LogP contribution in [0.25, 0.3) is 0 Å². The topological polar surface area (TPSA) is 35.2 Å². The van der Waals surface area contributed by atoms with Crippen LogP contribution >= 0.6 is 0 Å². The third-order valence-electron chi connectivity index (χ3n) is 1.98. The predicted octanol–water partition coefficient (Wildman–Crippen LogP) is 2.66. The van der Waals surface area contributed by atoms with Crippen molar-refractivity contribution in [2.24, 2.45) is 5.73 Å².